The van der Waals surface area contributed by atoms with Crippen LogP contribution in [0, 0.1) is 0 Å². The fourth-order valence-corrected chi connectivity index (χ4v) is 3.41. The predicted octanol–water partition coefficient (Wildman–Crippen LogP) is 2.43. The molecule has 2 aromatic carbocycles. The molecule has 0 atom stereocenters. The molecule has 0 unspecified atom stereocenters. The van der Waals surface area contributed by atoms with E-state index in [9.17, 15) is 13.2 Å². The Morgan fingerprint density at radius 3 is 2.44 bits per heavy atom. The summed E-state index contributed by atoms with van der Waals surface area (Å²) in [6.45, 7) is 1.16. The number of amides is 1. The largest absolute Gasteiger partial charge is 0.355 e. The van der Waals surface area contributed by atoms with Crippen LogP contribution in [0.1, 0.15) is 11.1 Å². The van der Waals surface area contributed by atoms with Crippen LogP contribution in [-0.2, 0) is 27.8 Å². The average molecular weight is 430 g/mol. The number of nitrogens with two attached hydrogens (primary N) is 1. The van der Waals surface area contributed by atoms with Gasteiger partial charge in [-0.05, 0) is 42.8 Å². The van der Waals surface area contributed by atoms with Crippen LogP contribution in [0.25, 0.3) is 0 Å². The fourth-order valence-electron chi connectivity index (χ4n) is 2.51. The van der Waals surface area contributed by atoms with Gasteiger partial charge in [-0.3, -0.25) is 9.69 Å². The summed E-state index contributed by atoms with van der Waals surface area (Å²) in [5, 5.41) is 8.88. The van der Waals surface area contributed by atoms with Crippen LogP contribution in [-0.4, -0.2) is 39.4 Å². The summed E-state index contributed by atoms with van der Waals surface area (Å²) in [7, 11) is -1.87. The number of hydrogen-bond acceptors (Lipinski definition) is 4. The van der Waals surface area contributed by atoms with Gasteiger partial charge in [-0.15, -0.1) is 0 Å². The molecule has 0 radical (unpaired) electrons. The Labute approximate surface area is 169 Å². The van der Waals surface area contributed by atoms with Crippen LogP contribution < -0.4 is 10.5 Å². The zero-order valence-corrected chi connectivity index (χ0v) is 17.1. The maximum Gasteiger partial charge on any atom is 0.238 e. The molecule has 0 saturated carbocycles. The summed E-state index contributed by atoms with van der Waals surface area (Å²) in [5.74, 6) is -0.114. The van der Waals surface area contributed by atoms with E-state index in [-0.39, 0.29) is 17.3 Å². The number of rotatable bonds is 8. The second-order valence-electron chi connectivity index (χ2n) is 6.17. The topological polar surface area (TPSA) is 92.5 Å². The van der Waals surface area contributed by atoms with E-state index >= 15 is 0 Å². The van der Waals surface area contributed by atoms with Crippen molar-refractivity contribution in [2.75, 3.05) is 20.1 Å². The maximum atomic E-state index is 12.1. The van der Waals surface area contributed by atoms with Gasteiger partial charge in [0, 0.05) is 13.1 Å². The van der Waals surface area contributed by atoms with E-state index < -0.39 is 10.0 Å². The zero-order valence-electron chi connectivity index (χ0n) is 14.8. The normalized spacial score (nSPS) is 11.6. The van der Waals surface area contributed by atoms with E-state index in [0.717, 1.165) is 11.1 Å². The molecule has 9 heteroatoms. The highest BCUT2D eigenvalue weighted by molar-refractivity contribution is 7.89. The fraction of sp³-hybridized carbons (Fsp3) is 0.278. The summed E-state index contributed by atoms with van der Waals surface area (Å²) in [5.41, 5.74) is 1.76. The van der Waals surface area contributed by atoms with Gasteiger partial charge in [0.2, 0.25) is 15.9 Å². The van der Waals surface area contributed by atoms with Gasteiger partial charge >= 0.3 is 0 Å². The molecule has 0 aliphatic heterocycles. The van der Waals surface area contributed by atoms with Crippen LogP contribution in [0.5, 0.6) is 0 Å². The van der Waals surface area contributed by atoms with Gasteiger partial charge < -0.3 is 5.32 Å². The van der Waals surface area contributed by atoms with Crippen LogP contribution in [0.3, 0.4) is 0 Å². The highest BCUT2D eigenvalue weighted by Crippen LogP contribution is 2.26. The van der Waals surface area contributed by atoms with Gasteiger partial charge in [-0.2, -0.15) is 0 Å². The number of hydrogen-bond donors (Lipinski definition) is 2. The molecule has 0 bridgehead atoms. The van der Waals surface area contributed by atoms with E-state index in [2.05, 4.69) is 5.32 Å². The lowest BCUT2D eigenvalue weighted by Crippen LogP contribution is -2.35. The monoisotopic (exact) mass is 429 g/mol. The summed E-state index contributed by atoms with van der Waals surface area (Å²) < 4.78 is 22.4. The molecular weight excluding hydrogens is 409 g/mol. The molecule has 146 valence electrons. The van der Waals surface area contributed by atoms with Gasteiger partial charge in [0.05, 0.1) is 21.5 Å². The molecule has 0 saturated heterocycles. The second kappa shape index (κ2) is 9.52. The van der Waals surface area contributed by atoms with Crippen molar-refractivity contribution < 1.29 is 13.2 Å². The molecule has 2 aromatic rings. The average Bonchev–Trinajstić information content (AvgIpc) is 2.58. The Hall–Kier alpha value is -1.64. The molecule has 3 N–H and O–H groups in total. The molecular formula is C18H21Cl2N3O3S. The van der Waals surface area contributed by atoms with E-state index in [4.69, 9.17) is 28.3 Å². The summed E-state index contributed by atoms with van der Waals surface area (Å²) in [4.78, 5) is 14.0. The van der Waals surface area contributed by atoms with E-state index in [1.54, 1.807) is 18.2 Å². The lowest BCUT2D eigenvalue weighted by Gasteiger charge is -2.17. The van der Waals surface area contributed by atoms with Gasteiger partial charge in [-0.1, -0.05) is 47.5 Å². The molecule has 2 rings (SSSR count). The van der Waals surface area contributed by atoms with Crippen molar-refractivity contribution in [2.45, 2.75) is 17.9 Å². The minimum absolute atomic E-state index is 0.0663. The number of nitrogens with one attached hydrogen (secondary N) is 1. The molecule has 1 amide bonds. The number of benzene rings is 2. The van der Waals surface area contributed by atoms with Crippen LogP contribution in [0.15, 0.2) is 47.4 Å². The Balaban J connectivity index is 1.78. The number of carbonyl (C=O) groups excluding carboxylic acids is 1. The van der Waals surface area contributed by atoms with Crippen molar-refractivity contribution in [3.8, 4) is 0 Å². The third kappa shape index (κ3) is 6.79. The van der Waals surface area contributed by atoms with E-state index in [0.29, 0.717) is 29.6 Å². The van der Waals surface area contributed by atoms with E-state index in [1.165, 1.54) is 12.1 Å². The third-order valence-electron chi connectivity index (χ3n) is 3.87. The number of likely N-dealkylation sites (N-methyl/N-ethyl adjacent to an activating group) is 1. The van der Waals surface area contributed by atoms with Crippen LogP contribution >= 0.6 is 23.2 Å². The molecule has 0 aliphatic rings. The van der Waals surface area contributed by atoms with Crippen molar-refractivity contribution >= 4 is 39.1 Å². The lowest BCUT2D eigenvalue weighted by atomic mass is 10.1. The van der Waals surface area contributed by atoms with Gasteiger partial charge in [0.15, 0.2) is 0 Å². The molecule has 6 nitrogen and oxygen atoms in total. The number of halogens is 2. The number of sulfonamides is 1. The van der Waals surface area contributed by atoms with Crippen LogP contribution in [0.2, 0.25) is 10.0 Å². The van der Waals surface area contributed by atoms with E-state index in [1.807, 2.05) is 24.1 Å². The number of primary sulfonamides is 1. The Bertz CT molecular complexity index is 903. The first-order valence-electron chi connectivity index (χ1n) is 8.16. The molecule has 27 heavy (non-hydrogen) atoms. The lowest BCUT2D eigenvalue weighted by molar-refractivity contribution is -0.122. The van der Waals surface area contributed by atoms with Crippen molar-refractivity contribution in [2.24, 2.45) is 5.14 Å². The van der Waals surface area contributed by atoms with Crippen LogP contribution in [0.4, 0.5) is 0 Å². The quantitative estimate of drug-likeness (QED) is 0.673. The number of nitrogens with zero attached hydrogens (tertiary/aromatic N) is 1. The molecule has 0 spiro atoms. The molecule has 0 heterocycles. The third-order valence-corrected chi connectivity index (χ3v) is 5.66. The molecule has 0 aliphatic carbocycles. The summed E-state index contributed by atoms with van der Waals surface area (Å²) >= 11 is 12.2. The van der Waals surface area contributed by atoms with Gasteiger partial charge in [0.25, 0.3) is 0 Å². The highest BCUT2D eigenvalue weighted by atomic mass is 35.5. The first kappa shape index (κ1) is 21.7. The number of carbonyl (C=O) groups is 1. The van der Waals surface area contributed by atoms with Gasteiger partial charge in [0.1, 0.15) is 0 Å². The summed E-state index contributed by atoms with van der Waals surface area (Å²) in [6.07, 6.45) is 0.584. The Morgan fingerprint density at radius 2 is 1.81 bits per heavy atom. The maximum absolute atomic E-state index is 12.1. The highest BCUT2D eigenvalue weighted by Gasteiger charge is 2.11. The van der Waals surface area contributed by atoms with Gasteiger partial charge in [-0.25, -0.2) is 13.6 Å². The smallest absolute Gasteiger partial charge is 0.238 e. The second-order valence-corrected chi connectivity index (χ2v) is 8.52. The SMILES string of the molecule is CN(CC(=O)NCCc1ccc(S(N)(=O)=O)cc1)Cc1cccc(Cl)c1Cl. The van der Waals surface area contributed by atoms with Crippen molar-refractivity contribution in [3.63, 3.8) is 0 Å². The minimum atomic E-state index is -3.69. The Kier molecular flexibility index (Phi) is 7.64. The van der Waals surface area contributed by atoms with Crippen molar-refractivity contribution in [3.05, 3.63) is 63.6 Å². The standard InChI is InChI=1S/C18H21Cl2N3O3S/c1-23(11-14-3-2-4-16(19)18(14)20)12-17(24)22-10-9-13-5-7-15(8-6-13)27(21,25)26/h2-8H,9-12H2,1H3,(H,22,24)(H2,21,25,26). The minimum Gasteiger partial charge on any atom is -0.355 e. The first-order chi connectivity index (χ1) is 12.7. The zero-order chi connectivity index (χ0) is 20.0. The van der Waals surface area contributed by atoms with Crippen molar-refractivity contribution in [1.82, 2.24) is 10.2 Å². The molecule has 0 aromatic heterocycles. The first-order valence-corrected chi connectivity index (χ1v) is 10.5. The van der Waals surface area contributed by atoms with Crippen molar-refractivity contribution in [1.29, 1.82) is 0 Å². The summed E-state index contributed by atoms with van der Waals surface area (Å²) in [6, 6.07) is 11.7. The Morgan fingerprint density at radius 1 is 1.15 bits per heavy atom. The predicted molar refractivity (Wildman–Crippen MR) is 107 cm³/mol. The molecule has 0 fully saturated rings.